The van der Waals surface area contributed by atoms with Gasteiger partial charge in [-0.3, -0.25) is 4.79 Å². The quantitative estimate of drug-likeness (QED) is 0.730. The number of nitrogens with one attached hydrogen (secondary N) is 2. The van der Waals surface area contributed by atoms with E-state index in [9.17, 15) is 13.6 Å². The molecule has 132 valence electrons. The molecule has 2 aromatic carbocycles. The van der Waals surface area contributed by atoms with Gasteiger partial charge in [0.25, 0.3) is 5.91 Å². The molecule has 26 heavy (non-hydrogen) atoms. The maximum atomic E-state index is 13.2. The molecule has 0 aliphatic carbocycles. The molecule has 0 saturated heterocycles. The standard InChI is InChI=1S/C19H16F2N4O/c1-11-4-3-5-16(12(11)2)23-18-9-8-17(24-25-18)19(26)22-13-6-7-14(20)15(21)10-13/h3-10H,1-2H3,(H,22,26)(H,23,25). The first-order chi connectivity index (χ1) is 12.4. The Kier molecular flexibility index (Phi) is 4.88. The zero-order valence-electron chi connectivity index (χ0n) is 14.2. The van der Waals surface area contributed by atoms with Gasteiger partial charge in [-0.15, -0.1) is 10.2 Å². The summed E-state index contributed by atoms with van der Waals surface area (Å²) in [5.74, 6) is -2.10. The minimum absolute atomic E-state index is 0.0567. The van der Waals surface area contributed by atoms with Crippen LogP contribution in [0.4, 0.5) is 26.0 Å². The zero-order valence-corrected chi connectivity index (χ0v) is 14.2. The monoisotopic (exact) mass is 354 g/mol. The van der Waals surface area contributed by atoms with Gasteiger partial charge in [-0.05, 0) is 55.3 Å². The predicted molar refractivity (Wildman–Crippen MR) is 95.5 cm³/mol. The van der Waals surface area contributed by atoms with E-state index in [2.05, 4.69) is 20.8 Å². The van der Waals surface area contributed by atoms with Crippen LogP contribution in [0.2, 0.25) is 0 Å². The lowest BCUT2D eigenvalue weighted by atomic mass is 10.1. The maximum Gasteiger partial charge on any atom is 0.276 e. The molecule has 1 heterocycles. The fourth-order valence-electron chi connectivity index (χ4n) is 2.31. The van der Waals surface area contributed by atoms with Gasteiger partial charge in [0.15, 0.2) is 23.1 Å². The molecule has 0 unspecified atom stereocenters. The summed E-state index contributed by atoms with van der Waals surface area (Å²) >= 11 is 0. The van der Waals surface area contributed by atoms with Crippen LogP contribution in [0.5, 0.6) is 0 Å². The lowest BCUT2D eigenvalue weighted by molar-refractivity contribution is 0.102. The highest BCUT2D eigenvalue weighted by Crippen LogP contribution is 2.21. The summed E-state index contributed by atoms with van der Waals surface area (Å²) in [6.45, 7) is 4.01. The van der Waals surface area contributed by atoms with Crippen LogP contribution in [0.3, 0.4) is 0 Å². The van der Waals surface area contributed by atoms with Gasteiger partial charge in [0.1, 0.15) is 0 Å². The molecule has 0 aliphatic rings. The van der Waals surface area contributed by atoms with Crippen LogP contribution in [-0.2, 0) is 0 Å². The number of hydrogen-bond donors (Lipinski definition) is 2. The van der Waals surface area contributed by atoms with Gasteiger partial charge >= 0.3 is 0 Å². The number of halogens is 2. The highest BCUT2D eigenvalue weighted by atomic mass is 19.2. The van der Waals surface area contributed by atoms with Gasteiger partial charge in [-0.2, -0.15) is 0 Å². The van der Waals surface area contributed by atoms with Crippen LogP contribution < -0.4 is 10.6 Å². The van der Waals surface area contributed by atoms with E-state index in [4.69, 9.17) is 0 Å². The normalized spacial score (nSPS) is 10.5. The molecule has 0 fully saturated rings. The molecule has 2 N–H and O–H groups in total. The van der Waals surface area contributed by atoms with Crippen molar-refractivity contribution in [3.05, 3.63) is 77.0 Å². The molecule has 7 heteroatoms. The lowest BCUT2D eigenvalue weighted by Crippen LogP contribution is -2.15. The number of carbonyl (C=O) groups excluding carboxylic acids is 1. The number of amides is 1. The predicted octanol–water partition coefficient (Wildman–Crippen LogP) is 4.37. The third kappa shape index (κ3) is 3.83. The molecule has 3 aromatic rings. The minimum Gasteiger partial charge on any atom is -0.339 e. The number of hydrogen-bond acceptors (Lipinski definition) is 4. The fraction of sp³-hybridized carbons (Fsp3) is 0.105. The first-order valence-corrected chi connectivity index (χ1v) is 7.87. The van der Waals surface area contributed by atoms with E-state index in [0.717, 1.165) is 28.9 Å². The third-order valence-corrected chi connectivity index (χ3v) is 3.94. The molecule has 3 rings (SSSR count). The third-order valence-electron chi connectivity index (χ3n) is 3.94. The maximum absolute atomic E-state index is 13.2. The number of aromatic nitrogens is 2. The average Bonchev–Trinajstić information content (AvgIpc) is 2.63. The highest BCUT2D eigenvalue weighted by Gasteiger charge is 2.11. The van der Waals surface area contributed by atoms with Crippen molar-refractivity contribution in [1.29, 1.82) is 0 Å². The van der Waals surface area contributed by atoms with Crippen LogP contribution in [0.15, 0.2) is 48.5 Å². The van der Waals surface area contributed by atoms with Gasteiger partial charge in [0, 0.05) is 17.4 Å². The van der Waals surface area contributed by atoms with Crippen LogP contribution in [0, 0.1) is 25.5 Å². The summed E-state index contributed by atoms with van der Waals surface area (Å²) < 4.78 is 26.1. The van der Waals surface area contributed by atoms with E-state index < -0.39 is 17.5 Å². The SMILES string of the molecule is Cc1cccc(Nc2ccc(C(=O)Nc3ccc(F)c(F)c3)nn2)c1C. The molecular weight excluding hydrogens is 338 g/mol. The van der Waals surface area contributed by atoms with Crippen molar-refractivity contribution in [2.75, 3.05) is 10.6 Å². The number of benzene rings is 2. The summed E-state index contributed by atoms with van der Waals surface area (Å²) in [4.78, 5) is 12.1. The van der Waals surface area contributed by atoms with E-state index in [1.165, 1.54) is 12.1 Å². The van der Waals surface area contributed by atoms with Crippen LogP contribution >= 0.6 is 0 Å². The van der Waals surface area contributed by atoms with E-state index in [0.29, 0.717) is 5.82 Å². The second-order valence-electron chi connectivity index (χ2n) is 5.76. The van der Waals surface area contributed by atoms with Gasteiger partial charge in [0.2, 0.25) is 0 Å². The number of carbonyl (C=O) groups is 1. The molecule has 1 amide bonds. The van der Waals surface area contributed by atoms with Crippen molar-refractivity contribution >= 4 is 23.1 Å². The fourth-order valence-corrected chi connectivity index (χ4v) is 2.31. The largest absolute Gasteiger partial charge is 0.339 e. The molecule has 0 aliphatic heterocycles. The Labute approximate surface area is 149 Å². The number of nitrogens with zero attached hydrogens (tertiary/aromatic N) is 2. The second-order valence-corrected chi connectivity index (χ2v) is 5.76. The first kappa shape index (κ1) is 17.5. The summed E-state index contributed by atoms with van der Waals surface area (Å²) in [6.07, 6.45) is 0. The molecule has 1 aromatic heterocycles. The Hall–Kier alpha value is -3.35. The van der Waals surface area contributed by atoms with Gasteiger partial charge in [-0.25, -0.2) is 8.78 Å². The van der Waals surface area contributed by atoms with E-state index in [1.54, 1.807) is 6.07 Å². The Morgan fingerprint density at radius 2 is 1.77 bits per heavy atom. The van der Waals surface area contributed by atoms with Crippen LogP contribution in [0.1, 0.15) is 21.6 Å². The smallest absolute Gasteiger partial charge is 0.276 e. The Bertz CT molecular complexity index is 958. The van der Waals surface area contributed by atoms with Gasteiger partial charge in [0.05, 0.1) is 0 Å². The molecule has 0 bridgehead atoms. The summed E-state index contributed by atoms with van der Waals surface area (Å²) in [5, 5.41) is 13.4. The molecule has 5 nitrogen and oxygen atoms in total. The molecule has 0 radical (unpaired) electrons. The van der Waals surface area contributed by atoms with Crippen molar-refractivity contribution in [2.24, 2.45) is 0 Å². The molecule has 0 saturated carbocycles. The van der Waals surface area contributed by atoms with Gasteiger partial charge < -0.3 is 10.6 Å². The Balaban J connectivity index is 1.71. The average molecular weight is 354 g/mol. The number of anilines is 3. The number of rotatable bonds is 4. The van der Waals surface area contributed by atoms with E-state index in [-0.39, 0.29) is 11.4 Å². The highest BCUT2D eigenvalue weighted by molar-refractivity contribution is 6.02. The second kappa shape index (κ2) is 7.26. The summed E-state index contributed by atoms with van der Waals surface area (Å²) in [7, 11) is 0. The van der Waals surface area contributed by atoms with E-state index >= 15 is 0 Å². The molecule has 0 atom stereocenters. The molecule has 0 spiro atoms. The summed E-state index contributed by atoms with van der Waals surface area (Å²) in [5.41, 5.74) is 3.33. The van der Waals surface area contributed by atoms with Crippen molar-refractivity contribution in [3.8, 4) is 0 Å². The van der Waals surface area contributed by atoms with E-state index in [1.807, 2.05) is 32.0 Å². The Morgan fingerprint density at radius 3 is 2.46 bits per heavy atom. The lowest BCUT2D eigenvalue weighted by Gasteiger charge is -2.10. The zero-order chi connectivity index (χ0) is 18.7. The van der Waals surface area contributed by atoms with Crippen molar-refractivity contribution in [1.82, 2.24) is 10.2 Å². The van der Waals surface area contributed by atoms with Crippen molar-refractivity contribution in [3.63, 3.8) is 0 Å². The topological polar surface area (TPSA) is 66.9 Å². The van der Waals surface area contributed by atoms with Crippen molar-refractivity contribution < 1.29 is 13.6 Å². The summed E-state index contributed by atoms with van der Waals surface area (Å²) in [6, 6.07) is 12.1. The Morgan fingerprint density at radius 1 is 0.962 bits per heavy atom. The van der Waals surface area contributed by atoms with Gasteiger partial charge in [-0.1, -0.05) is 12.1 Å². The van der Waals surface area contributed by atoms with Crippen molar-refractivity contribution in [2.45, 2.75) is 13.8 Å². The molecular formula is C19H16F2N4O. The minimum atomic E-state index is -1.04. The number of aryl methyl sites for hydroxylation is 1. The first-order valence-electron chi connectivity index (χ1n) is 7.87. The van der Waals surface area contributed by atoms with Crippen LogP contribution in [-0.4, -0.2) is 16.1 Å². The van der Waals surface area contributed by atoms with Crippen LogP contribution in [0.25, 0.3) is 0 Å².